The molecule has 1 saturated heterocycles. The number of hydrogen-bond donors (Lipinski definition) is 0. The van der Waals surface area contributed by atoms with Crippen LogP contribution in [0.5, 0.6) is 0 Å². The lowest BCUT2D eigenvalue weighted by Gasteiger charge is -2.35. The van der Waals surface area contributed by atoms with E-state index in [4.69, 9.17) is 0 Å². The predicted molar refractivity (Wildman–Crippen MR) is 103 cm³/mol. The summed E-state index contributed by atoms with van der Waals surface area (Å²) in [5.41, 5.74) is 1.96. The molecule has 2 aromatic rings. The van der Waals surface area contributed by atoms with Crippen molar-refractivity contribution < 1.29 is 9.59 Å². The maximum Gasteiger partial charge on any atom is 0.227 e. The third-order valence-electron chi connectivity index (χ3n) is 5.04. The smallest absolute Gasteiger partial charge is 0.227 e. The van der Waals surface area contributed by atoms with Crippen LogP contribution in [-0.2, 0) is 22.4 Å². The number of amides is 2. The van der Waals surface area contributed by atoms with E-state index in [9.17, 15) is 9.59 Å². The summed E-state index contributed by atoms with van der Waals surface area (Å²) in [7, 11) is 1.85. The number of piperidine rings is 1. The van der Waals surface area contributed by atoms with Gasteiger partial charge in [-0.3, -0.25) is 19.6 Å². The Morgan fingerprint density at radius 2 is 1.63 bits per heavy atom. The van der Waals surface area contributed by atoms with Gasteiger partial charge < -0.3 is 9.80 Å². The number of carbonyl (C=O) groups excluding carboxylic acids is 2. The van der Waals surface area contributed by atoms with Crippen LogP contribution in [-0.4, -0.2) is 58.3 Å². The Bertz CT molecular complexity index is 749. The van der Waals surface area contributed by atoms with Crippen LogP contribution in [0.25, 0.3) is 0 Å². The van der Waals surface area contributed by atoms with E-state index in [2.05, 4.69) is 9.97 Å². The van der Waals surface area contributed by atoms with E-state index in [0.29, 0.717) is 25.3 Å². The standard InChI is InChI=1S/C21H26N4O2/c1-24(20(26)13-17-4-8-22-9-5-17)15-19-3-2-12-25(16-19)21(27)14-18-6-10-23-11-7-18/h4-11,19H,2-3,12-16H2,1H3/t19-/m0/s1. The number of likely N-dealkylation sites (N-methyl/N-ethyl adjacent to an activating group) is 1. The Labute approximate surface area is 160 Å². The van der Waals surface area contributed by atoms with Crippen LogP contribution in [0.3, 0.4) is 0 Å². The summed E-state index contributed by atoms with van der Waals surface area (Å²) in [6.45, 7) is 2.20. The first-order valence-corrected chi connectivity index (χ1v) is 9.41. The molecule has 1 aliphatic rings. The molecule has 2 aromatic heterocycles. The van der Waals surface area contributed by atoms with E-state index < -0.39 is 0 Å². The van der Waals surface area contributed by atoms with Crippen molar-refractivity contribution in [2.75, 3.05) is 26.7 Å². The van der Waals surface area contributed by atoms with Crippen LogP contribution in [0.15, 0.2) is 49.1 Å². The highest BCUT2D eigenvalue weighted by molar-refractivity contribution is 5.79. The Hall–Kier alpha value is -2.76. The molecule has 0 aliphatic carbocycles. The van der Waals surface area contributed by atoms with Gasteiger partial charge in [-0.05, 0) is 54.2 Å². The second kappa shape index (κ2) is 9.26. The maximum atomic E-state index is 12.6. The third kappa shape index (κ3) is 5.61. The molecule has 3 rings (SSSR count). The van der Waals surface area contributed by atoms with Crippen LogP contribution >= 0.6 is 0 Å². The van der Waals surface area contributed by atoms with Gasteiger partial charge in [-0.2, -0.15) is 0 Å². The average Bonchev–Trinajstić information content (AvgIpc) is 2.69. The van der Waals surface area contributed by atoms with E-state index >= 15 is 0 Å². The number of carbonyl (C=O) groups is 2. The van der Waals surface area contributed by atoms with Crippen LogP contribution in [0.4, 0.5) is 0 Å². The molecule has 0 unspecified atom stereocenters. The molecule has 0 aromatic carbocycles. The number of nitrogens with zero attached hydrogens (tertiary/aromatic N) is 4. The number of pyridine rings is 2. The summed E-state index contributed by atoms with van der Waals surface area (Å²) in [4.78, 5) is 36.8. The fraction of sp³-hybridized carbons (Fsp3) is 0.429. The van der Waals surface area contributed by atoms with E-state index in [1.54, 1.807) is 29.7 Å². The SMILES string of the molecule is CN(C[C@@H]1CCCN(C(=O)Cc2ccncc2)C1)C(=O)Cc1ccncc1. The summed E-state index contributed by atoms with van der Waals surface area (Å²) in [5, 5.41) is 0. The minimum absolute atomic E-state index is 0.0986. The average molecular weight is 366 g/mol. The highest BCUT2D eigenvalue weighted by Gasteiger charge is 2.25. The Morgan fingerprint density at radius 1 is 1.04 bits per heavy atom. The second-order valence-electron chi connectivity index (χ2n) is 7.19. The highest BCUT2D eigenvalue weighted by atomic mass is 16.2. The zero-order valence-corrected chi connectivity index (χ0v) is 15.8. The predicted octanol–water partition coefficient (Wildman–Crippen LogP) is 1.96. The lowest BCUT2D eigenvalue weighted by molar-refractivity contribution is -0.133. The van der Waals surface area contributed by atoms with Gasteiger partial charge in [-0.25, -0.2) is 0 Å². The zero-order chi connectivity index (χ0) is 19.1. The molecule has 6 nitrogen and oxygen atoms in total. The van der Waals surface area contributed by atoms with Gasteiger partial charge in [0, 0.05) is 51.5 Å². The Kier molecular flexibility index (Phi) is 6.52. The summed E-state index contributed by atoms with van der Waals surface area (Å²) >= 11 is 0. The quantitative estimate of drug-likeness (QED) is 0.784. The normalized spacial score (nSPS) is 16.8. The van der Waals surface area contributed by atoms with Gasteiger partial charge in [0.05, 0.1) is 12.8 Å². The Morgan fingerprint density at radius 3 is 2.26 bits per heavy atom. The molecule has 1 aliphatic heterocycles. The van der Waals surface area contributed by atoms with Crippen molar-refractivity contribution in [2.24, 2.45) is 5.92 Å². The van der Waals surface area contributed by atoms with Crippen molar-refractivity contribution in [2.45, 2.75) is 25.7 Å². The van der Waals surface area contributed by atoms with E-state index in [-0.39, 0.29) is 11.8 Å². The molecule has 0 N–H and O–H groups in total. The highest BCUT2D eigenvalue weighted by Crippen LogP contribution is 2.19. The second-order valence-corrected chi connectivity index (χ2v) is 7.19. The summed E-state index contributed by atoms with van der Waals surface area (Å²) in [6.07, 6.45) is 9.66. The van der Waals surface area contributed by atoms with Gasteiger partial charge in [-0.1, -0.05) is 0 Å². The largest absolute Gasteiger partial charge is 0.345 e. The fourth-order valence-electron chi connectivity index (χ4n) is 3.53. The van der Waals surface area contributed by atoms with E-state index in [1.807, 2.05) is 36.2 Å². The topological polar surface area (TPSA) is 66.4 Å². The van der Waals surface area contributed by atoms with Crippen LogP contribution in [0, 0.1) is 5.92 Å². The molecule has 1 atom stereocenters. The molecule has 3 heterocycles. The first kappa shape index (κ1) is 19.0. The summed E-state index contributed by atoms with van der Waals surface area (Å²) < 4.78 is 0. The van der Waals surface area contributed by atoms with Gasteiger partial charge in [0.15, 0.2) is 0 Å². The molecule has 0 bridgehead atoms. The number of rotatable bonds is 6. The van der Waals surface area contributed by atoms with Crippen molar-refractivity contribution in [1.29, 1.82) is 0 Å². The molecule has 0 radical (unpaired) electrons. The summed E-state index contributed by atoms with van der Waals surface area (Å²) in [6, 6.07) is 7.49. The van der Waals surface area contributed by atoms with Crippen LogP contribution in [0.1, 0.15) is 24.0 Å². The van der Waals surface area contributed by atoms with Gasteiger partial charge in [-0.15, -0.1) is 0 Å². The van der Waals surface area contributed by atoms with Crippen molar-refractivity contribution in [3.8, 4) is 0 Å². The molecular formula is C21H26N4O2. The fourth-order valence-corrected chi connectivity index (χ4v) is 3.53. The molecule has 0 saturated carbocycles. The molecule has 142 valence electrons. The number of aromatic nitrogens is 2. The summed E-state index contributed by atoms with van der Waals surface area (Å²) in [5.74, 6) is 0.574. The number of hydrogen-bond acceptors (Lipinski definition) is 4. The van der Waals surface area contributed by atoms with Crippen molar-refractivity contribution in [1.82, 2.24) is 19.8 Å². The first-order valence-electron chi connectivity index (χ1n) is 9.41. The number of likely N-dealkylation sites (tertiary alicyclic amines) is 1. The minimum atomic E-state index is 0.0986. The Balaban J connectivity index is 1.50. The molecule has 1 fully saturated rings. The minimum Gasteiger partial charge on any atom is -0.345 e. The van der Waals surface area contributed by atoms with Crippen molar-refractivity contribution in [3.05, 3.63) is 60.2 Å². The van der Waals surface area contributed by atoms with Crippen LogP contribution in [0.2, 0.25) is 0 Å². The molecule has 27 heavy (non-hydrogen) atoms. The third-order valence-corrected chi connectivity index (χ3v) is 5.04. The monoisotopic (exact) mass is 366 g/mol. The molecular weight excluding hydrogens is 340 g/mol. The lowest BCUT2D eigenvalue weighted by Crippen LogP contribution is -2.44. The van der Waals surface area contributed by atoms with Crippen molar-refractivity contribution >= 4 is 11.8 Å². The van der Waals surface area contributed by atoms with Gasteiger partial charge in [0.2, 0.25) is 11.8 Å². The molecule has 2 amide bonds. The van der Waals surface area contributed by atoms with Gasteiger partial charge in [0.1, 0.15) is 0 Å². The van der Waals surface area contributed by atoms with E-state index in [0.717, 1.165) is 37.1 Å². The van der Waals surface area contributed by atoms with Gasteiger partial charge in [0.25, 0.3) is 0 Å². The van der Waals surface area contributed by atoms with Crippen LogP contribution < -0.4 is 0 Å². The first-order chi connectivity index (χ1) is 13.1. The van der Waals surface area contributed by atoms with Gasteiger partial charge >= 0.3 is 0 Å². The van der Waals surface area contributed by atoms with E-state index in [1.165, 1.54) is 0 Å². The maximum absolute atomic E-state index is 12.6. The molecule has 6 heteroatoms. The molecule has 0 spiro atoms. The zero-order valence-electron chi connectivity index (χ0n) is 15.8. The lowest BCUT2D eigenvalue weighted by atomic mass is 9.96. The van der Waals surface area contributed by atoms with Crippen molar-refractivity contribution in [3.63, 3.8) is 0 Å².